The van der Waals surface area contributed by atoms with Crippen molar-refractivity contribution in [1.82, 2.24) is 30.1 Å². The Bertz CT molecular complexity index is 1160. The summed E-state index contributed by atoms with van der Waals surface area (Å²) in [6.45, 7) is 4.61. The number of pyridine rings is 2. The number of nitrogens with one attached hydrogen (secondary N) is 2. The van der Waals surface area contributed by atoms with E-state index in [0.717, 1.165) is 31.5 Å². The van der Waals surface area contributed by atoms with E-state index in [1.165, 1.54) is 12.3 Å². The fourth-order valence-corrected chi connectivity index (χ4v) is 5.12. The lowest BCUT2D eigenvalue weighted by atomic mass is 10.1. The summed E-state index contributed by atoms with van der Waals surface area (Å²) in [5.74, 6) is -0.635. The number of carbonyl (C=O) groups is 1. The molecule has 2 aliphatic rings. The lowest BCUT2D eigenvalue weighted by molar-refractivity contribution is 0.0161. The van der Waals surface area contributed by atoms with Gasteiger partial charge < -0.3 is 19.9 Å². The predicted molar refractivity (Wildman–Crippen MR) is 127 cm³/mol. The van der Waals surface area contributed by atoms with Crippen LogP contribution in [0.2, 0.25) is 5.02 Å². The molecule has 0 aliphatic carbocycles. The topological polar surface area (TPSA) is 84.3 Å². The van der Waals surface area contributed by atoms with Gasteiger partial charge in [0.15, 0.2) is 0 Å². The number of morpholine rings is 1. The Labute approximate surface area is 202 Å². The second kappa shape index (κ2) is 10.4. The van der Waals surface area contributed by atoms with Crippen LogP contribution in [0.25, 0.3) is 11.0 Å². The summed E-state index contributed by atoms with van der Waals surface area (Å²) in [5, 5.41) is 7.68. The fourth-order valence-electron chi connectivity index (χ4n) is 4.88. The zero-order chi connectivity index (χ0) is 23.5. The molecule has 1 amide bonds. The minimum atomic E-state index is -0.400. The molecule has 0 bridgehead atoms. The molecular weight excluding hydrogens is 459 g/mol. The van der Waals surface area contributed by atoms with Gasteiger partial charge in [-0.05, 0) is 37.1 Å². The number of rotatable bonds is 7. The van der Waals surface area contributed by atoms with Crippen molar-refractivity contribution in [2.24, 2.45) is 0 Å². The molecule has 0 saturated carbocycles. The number of nitrogens with zero attached hydrogens (tertiary/aromatic N) is 4. The summed E-state index contributed by atoms with van der Waals surface area (Å²) in [6, 6.07) is 3.30. The molecule has 34 heavy (non-hydrogen) atoms. The summed E-state index contributed by atoms with van der Waals surface area (Å²) in [6.07, 6.45) is 8.56. The van der Waals surface area contributed by atoms with Crippen LogP contribution in [0.4, 0.5) is 4.39 Å². The van der Waals surface area contributed by atoms with Gasteiger partial charge in [0.2, 0.25) is 0 Å². The Kier molecular flexibility index (Phi) is 7.05. The maximum absolute atomic E-state index is 13.9. The van der Waals surface area contributed by atoms with Crippen molar-refractivity contribution in [3.8, 4) is 0 Å². The first kappa shape index (κ1) is 23.2. The van der Waals surface area contributed by atoms with Crippen molar-refractivity contribution in [2.45, 2.75) is 31.5 Å². The SMILES string of the molecule is O=C(NCC(c1cncc(F)c1)N1CCOCC1)c1cn(C[C@@H]2CCCN2)c2nccc(Cl)c12. The van der Waals surface area contributed by atoms with E-state index in [1.807, 2.05) is 10.8 Å². The summed E-state index contributed by atoms with van der Waals surface area (Å²) in [4.78, 5) is 24.1. The molecular formula is C24H28ClFN6O2. The molecule has 2 aliphatic heterocycles. The number of carbonyl (C=O) groups excluding carboxylic acids is 1. The highest BCUT2D eigenvalue weighted by atomic mass is 35.5. The van der Waals surface area contributed by atoms with E-state index in [1.54, 1.807) is 18.5 Å². The van der Waals surface area contributed by atoms with Crippen LogP contribution in [-0.2, 0) is 11.3 Å². The van der Waals surface area contributed by atoms with E-state index >= 15 is 0 Å². The van der Waals surface area contributed by atoms with Crippen molar-refractivity contribution in [3.63, 3.8) is 0 Å². The number of halogens is 2. The maximum Gasteiger partial charge on any atom is 0.253 e. The molecule has 3 aromatic rings. The molecule has 5 heterocycles. The van der Waals surface area contributed by atoms with Crippen LogP contribution in [-0.4, -0.2) is 70.8 Å². The lowest BCUT2D eigenvalue weighted by Crippen LogP contribution is -2.43. The number of aromatic nitrogens is 3. The molecule has 8 nitrogen and oxygen atoms in total. The molecule has 0 aromatic carbocycles. The average molecular weight is 487 g/mol. The Hall–Kier alpha value is -2.59. The van der Waals surface area contributed by atoms with E-state index in [-0.39, 0.29) is 11.9 Å². The third-order valence-corrected chi connectivity index (χ3v) is 6.90. The van der Waals surface area contributed by atoms with Crippen molar-refractivity contribution in [1.29, 1.82) is 0 Å². The summed E-state index contributed by atoms with van der Waals surface area (Å²) in [5.41, 5.74) is 1.91. The molecule has 180 valence electrons. The Morgan fingerprint density at radius 1 is 1.35 bits per heavy atom. The van der Waals surface area contributed by atoms with E-state index in [9.17, 15) is 9.18 Å². The quantitative estimate of drug-likeness (QED) is 0.534. The Morgan fingerprint density at radius 2 is 2.21 bits per heavy atom. The van der Waals surface area contributed by atoms with Gasteiger partial charge >= 0.3 is 0 Å². The lowest BCUT2D eigenvalue weighted by Gasteiger charge is -2.34. The molecule has 0 spiro atoms. The second-order valence-corrected chi connectivity index (χ2v) is 9.20. The van der Waals surface area contributed by atoms with Gasteiger partial charge in [-0.2, -0.15) is 0 Å². The highest BCUT2D eigenvalue weighted by Gasteiger charge is 2.26. The standard InChI is InChI=1S/C24H28ClFN6O2/c25-20-3-5-29-23-22(20)19(15-32(23)14-18-2-1-4-28-18)24(33)30-13-21(31-6-8-34-9-7-31)16-10-17(26)12-27-11-16/h3,5,10-12,15,18,21,28H,1-2,4,6-9,13-14H2,(H,30,33)/t18-,21?/m0/s1. The van der Waals surface area contributed by atoms with Gasteiger partial charge in [-0.15, -0.1) is 0 Å². The van der Waals surface area contributed by atoms with Crippen molar-refractivity contribution >= 4 is 28.5 Å². The molecule has 10 heteroatoms. The maximum atomic E-state index is 13.9. The fraction of sp³-hybridized carbons (Fsp3) is 0.458. The molecule has 2 N–H and O–H groups in total. The van der Waals surface area contributed by atoms with Gasteiger partial charge in [-0.1, -0.05) is 11.6 Å². The van der Waals surface area contributed by atoms with Gasteiger partial charge in [-0.3, -0.25) is 14.7 Å². The van der Waals surface area contributed by atoms with Crippen LogP contribution in [0.15, 0.2) is 36.9 Å². The molecule has 2 atom stereocenters. The number of ether oxygens (including phenoxy) is 1. The monoisotopic (exact) mass is 486 g/mol. The summed E-state index contributed by atoms with van der Waals surface area (Å²) < 4.78 is 21.4. The predicted octanol–water partition coefficient (Wildman–Crippen LogP) is 2.78. The number of hydrogen-bond donors (Lipinski definition) is 2. The van der Waals surface area contributed by atoms with E-state index in [2.05, 4.69) is 25.5 Å². The van der Waals surface area contributed by atoms with Crippen LogP contribution in [0.3, 0.4) is 0 Å². The normalized spacial score (nSPS) is 20.0. The molecule has 2 saturated heterocycles. The third kappa shape index (κ3) is 4.93. The van der Waals surface area contributed by atoms with Gasteiger partial charge in [0.1, 0.15) is 11.5 Å². The molecule has 5 rings (SSSR count). The van der Waals surface area contributed by atoms with Crippen molar-refractivity contribution in [3.05, 3.63) is 58.9 Å². The van der Waals surface area contributed by atoms with Crippen molar-refractivity contribution < 1.29 is 13.9 Å². The summed E-state index contributed by atoms with van der Waals surface area (Å²) >= 11 is 6.51. The van der Waals surface area contributed by atoms with Gasteiger partial charge in [0, 0.05) is 50.8 Å². The zero-order valence-corrected chi connectivity index (χ0v) is 19.6. The average Bonchev–Trinajstić information content (AvgIpc) is 3.49. The Morgan fingerprint density at radius 3 is 2.97 bits per heavy atom. The van der Waals surface area contributed by atoms with Crippen LogP contribution in [0.5, 0.6) is 0 Å². The Balaban J connectivity index is 1.39. The van der Waals surface area contributed by atoms with E-state index in [0.29, 0.717) is 60.5 Å². The largest absolute Gasteiger partial charge is 0.379 e. The molecule has 0 radical (unpaired) electrons. The van der Waals surface area contributed by atoms with Gasteiger partial charge in [0.25, 0.3) is 5.91 Å². The summed E-state index contributed by atoms with van der Waals surface area (Å²) in [7, 11) is 0. The van der Waals surface area contributed by atoms with Gasteiger partial charge in [0.05, 0.1) is 41.4 Å². The first-order valence-electron chi connectivity index (χ1n) is 11.7. The minimum Gasteiger partial charge on any atom is -0.379 e. The minimum absolute atomic E-state index is 0.222. The first-order valence-corrected chi connectivity index (χ1v) is 12.0. The first-order chi connectivity index (χ1) is 16.6. The van der Waals surface area contributed by atoms with Crippen molar-refractivity contribution in [2.75, 3.05) is 39.4 Å². The molecule has 1 unspecified atom stereocenters. The van der Waals surface area contributed by atoms with E-state index in [4.69, 9.17) is 16.3 Å². The highest BCUT2D eigenvalue weighted by Crippen LogP contribution is 2.28. The number of amides is 1. The third-order valence-electron chi connectivity index (χ3n) is 6.58. The zero-order valence-electron chi connectivity index (χ0n) is 18.8. The number of hydrogen-bond acceptors (Lipinski definition) is 6. The van der Waals surface area contributed by atoms with E-state index < -0.39 is 5.82 Å². The van der Waals surface area contributed by atoms with Crippen LogP contribution in [0.1, 0.15) is 34.8 Å². The molecule has 2 fully saturated rings. The van der Waals surface area contributed by atoms with Crippen LogP contribution in [0, 0.1) is 5.82 Å². The van der Waals surface area contributed by atoms with Crippen LogP contribution >= 0.6 is 11.6 Å². The van der Waals surface area contributed by atoms with Crippen LogP contribution < -0.4 is 10.6 Å². The second-order valence-electron chi connectivity index (χ2n) is 8.79. The smallest absolute Gasteiger partial charge is 0.253 e. The van der Waals surface area contributed by atoms with Gasteiger partial charge in [-0.25, -0.2) is 9.37 Å². The number of fused-ring (bicyclic) bond motifs is 1. The molecule has 3 aromatic heterocycles. The highest BCUT2D eigenvalue weighted by molar-refractivity contribution is 6.36.